The molecule has 3 aromatic carbocycles. The first-order valence-corrected chi connectivity index (χ1v) is 12.2. The van der Waals surface area contributed by atoms with Crippen LogP contribution in [0.4, 0.5) is 0 Å². The van der Waals surface area contributed by atoms with Crippen molar-refractivity contribution in [2.24, 2.45) is 5.92 Å². The molecule has 34 heavy (non-hydrogen) atoms. The molecule has 5 heteroatoms. The number of methoxy groups -OCH3 is 2. The van der Waals surface area contributed by atoms with Crippen LogP contribution >= 0.6 is 0 Å². The molecule has 1 aliphatic heterocycles. The second-order valence-electron chi connectivity index (χ2n) is 9.32. The van der Waals surface area contributed by atoms with Crippen LogP contribution in [0.5, 0.6) is 11.5 Å². The average Bonchev–Trinajstić information content (AvgIpc) is 2.86. The van der Waals surface area contributed by atoms with E-state index < -0.39 is 5.97 Å². The Morgan fingerprint density at radius 3 is 2.38 bits per heavy atom. The van der Waals surface area contributed by atoms with E-state index in [2.05, 4.69) is 36.1 Å². The van der Waals surface area contributed by atoms with Crippen molar-refractivity contribution in [3.05, 3.63) is 59.7 Å². The quantitative estimate of drug-likeness (QED) is 0.435. The summed E-state index contributed by atoms with van der Waals surface area (Å²) in [6.45, 7) is 5.68. The molecule has 3 aromatic rings. The molecule has 0 spiro atoms. The molecule has 0 aromatic heterocycles. The Morgan fingerprint density at radius 1 is 0.941 bits per heavy atom. The molecule has 5 nitrogen and oxygen atoms in total. The van der Waals surface area contributed by atoms with Gasteiger partial charge < -0.3 is 19.5 Å². The Kier molecular flexibility index (Phi) is 7.73. The lowest BCUT2D eigenvalue weighted by atomic mass is 9.91. The van der Waals surface area contributed by atoms with Gasteiger partial charge in [-0.25, -0.2) is 0 Å². The molecule has 0 atom stereocenters. The van der Waals surface area contributed by atoms with Gasteiger partial charge in [0.25, 0.3) is 0 Å². The lowest BCUT2D eigenvalue weighted by Gasteiger charge is -2.30. The molecule has 0 unspecified atom stereocenters. The zero-order valence-electron chi connectivity index (χ0n) is 20.5. The second kappa shape index (κ2) is 10.9. The van der Waals surface area contributed by atoms with E-state index in [0.717, 1.165) is 70.9 Å². The fourth-order valence-corrected chi connectivity index (χ4v) is 5.08. The number of likely N-dealkylation sites (tertiary alicyclic amines) is 1. The summed E-state index contributed by atoms with van der Waals surface area (Å²) in [6, 6.07) is 16.5. The number of aryl methyl sites for hydroxylation is 1. The predicted molar refractivity (Wildman–Crippen MR) is 137 cm³/mol. The van der Waals surface area contributed by atoms with Gasteiger partial charge in [-0.2, -0.15) is 0 Å². The van der Waals surface area contributed by atoms with Gasteiger partial charge in [-0.3, -0.25) is 4.79 Å². The first-order chi connectivity index (χ1) is 16.5. The average molecular weight is 462 g/mol. The van der Waals surface area contributed by atoms with Gasteiger partial charge in [-0.15, -0.1) is 0 Å². The molecule has 0 amide bonds. The van der Waals surface area contributed by atoms with Crippen molar-refractivity contribution < 1.29 is 19.4 Å². The van der Waals surface area contributed by atoms with Gasteiger partial charge in [-0.1, -0.05) is 49.4 Å². The summed E-state index contributed by atoms with van der Waals surface area (Å²) in [5.74, 6) is 1.67. The molecular weight excluding hydrogens is 426 g/mol. The van der Waals surface area contributed by atoms with Crippen molar-refractivity contribution in [1.29, 1.82) is 0 Å². The highest BCUT2D eigenvalue weighted by atomic mass is 16.5. The van der Waals surface area contributed by atoms with Gasteiger partial charge in [0.1, 0.15) is 11.5 Å². The number of benzene rings is 3. The summed E-state index contributed by atoms with van der Waals surface area (Å²) in [5, 5.41) is 11.3. The smallest absolute Gasteiger partial charge is 0.303 e. The van der Waals surface area contributed by atoms with Gasteiger partial charge in [0, 0.05) is 13.0 Å². The molecule has 0 radical (unpaired) electrons. The van der Waals surface area contributed by atoms with Crippen molar-refractivity contribution in [1.82, 2.24) is 4.90 Å². The third kappa shape index (κ3) is 5.20. The first kappa shape index (κ1) is 24.1. The number of hydrogen-bond donors (Lipinski definition) is 1. The maximum atomic E-state index is 11.2. The molecule has 0 saturated carbocycles. The van der Waals surface area contributed by atoms with Crippen molar-refractivity contribution in [2.45, 2.75) is 39.0 Å². The van der Waals surface area contributed by atoms with E-state index >= 15 is 0 Å². The highest BCUT2D eigenvalue weighted by Crippen LogP contribution is 2.44. The highest BCUT2D eigenvalue weighted by molar-refractivity contribution is 6.01. The zero-order valence-corrected chi connectivity index (χ0v) is 20.5. The van der Waals surface area contributed by atoms with Crippen LogP contribution in [0.15, 0.2) is 48.5 Å². The lowest BCUT2D eigenvalue weighted by Crippen LogP contribution is -2.34. The number of rotatable bonds is 9. The molecule has 1 heterocycles. The third-order valence-electron chi connectivity index (χ3n) is 7.09. The summed E-state index contributed by atoms with van der Waals surface area (Å²) in [6.07, 6.45) is 4.07. The molecule has 1 aliphatic rings. The van der Waals surface area contributed by atoms with Crippen LogP contribution in [0.3, 0.4) is 0 Å². The van der Waals surface area contributed by atoms with Gasteiger partial charge in [0.2, 0.25) is 0 Å². The van der Waals surface area contributed by atoms with Gasteiger partial charge in [0.05, 0.1) is 19.8 Å². The van der Waals surface area contributed by atoms with Gasteiger partial charge in [-0.05, 0) is 78.2 Å². The SMILES string of the molecule is COc1ccc(CCN2CCC(C)CC2)c(OC)c1-c1cccc2c(CCC(=O)O)cccc12. The van der Waals surface area contributed by atoms with E-state index in [-0.39, 0.29) is 6.42 Å². The number of aliphatic carboxylic acids is 1. The van der Waals surface area contributed by atoms with E-state index in [0.29, 0.717) is 6.42 Å². The van der Waals surface area contributed by atoms with Gasteiger partial charge >= 0.3 is 5.97 Å². The van der Waals surface area contributed by atoms with Crippen LogP contribution in [0.2, 0.25) is 0 Å². The van der Waals surface area contributed by atoms with Crippen molar-refractivity contribution in [3.8, 4) is 22.6 Å². The number of nitrogens with zero attached hydrogens (tertiary/aromatic N) is 1. The number of hydrogen-bond acceptors (Lipinski definition) is 4. The largest absolute Gasteiger partial charge is 0.496 e. The van der Waals surface area contributed by atoms with Crippen molar-refractivity contribution in [2.75, 3.05) is 33.9 Å². The molecule has 1 N–H and O–H groups in total. The maximum Gasteiger partial charge on any atom is 0.303 e. The third-order valence-corrected chi connectivity index (χ3v) is 7.09. The minimum Gasteiger partial charge on any atom is -0.496 e. The Labute approximate surface area is 202 Å². The van der Waals surface area contributed by atoms with E-state index in [1.807, 2.05) is 24.3 Å². The standard InChI is InChI=1S/C29H35NO4/c1-20-14-17-30(18-15-20)19-16-22-10-12-26(33-2)28(29(22)34-3)25-9-5-7-23-21(11-13-27(31)32)6-4-8-24(23)25/h4-10,12,20H,11,13-19H2,1-3H3,(H,31,32). The number of carbonyl (C=O) groups is 1. The van der Waals surface area contributed by atoms with E-state index in [1.165, 1.54) is 18.4 Å². The summed E-state index contributed by atoms with van der Waals surface area (Å²) >= 11 is 0. The fourth-order valence-electron chi connectivity index (χ4n) is 5.08. The summed E-state index contributed by atoms with van der Waals surface area (Å²) < 4.78 is 11.8. The van der Waals surface area contributed by atoms with Crippen LogP contribution in [-0.4, -0.2) is 49.8 Å². The minimum absolute atomic E-state index is 0.112. The number of carboxylic acid groups (broad SMARTS) is 1. The number of carboxylic acids is 1. The second-order valence-corrected chi connectivity index (χ2v) is 9.32. The molecule has 1 fully saturated rings. The number of fused-ring (bicyclic) bond motifs is 1. The predicted octanol–water partition coefficient (Wildman–Crippen LogP) is 5.82. The fraction of sp³-hybridized carbons (Fsp3) is 0.414. The zero-order chi connectivity index (χ0) is 24.1. The Morgan fingerprint density at radius 2 is 1.68 bits per heavy atom. The molecule has 1 saturated heterocycles. The van der Waals surface area contributed by atoms with E-state index in [1.54, 1.807) is 14.2 Å². The minimum atomic E-state index is -0.785. The Hall–Kier alpha value is -3.05. The van der Waals surface area contributed by atoms with Crippen LogP contribution in [0.25, 0.3) is 21.9 Å². The molecule has 180 valence electrons. The molecule has 0 bridgehead atoms. The Bertz CT molecular complexity index is 1150. The Balaban J connectivity index is 1.73. The monoisotopic (exact) mass is 461 g/mol. The van der Waals surface area contributed by atoms with Crippen LogP contribution in [0, 0.1) is 5.92 Å². The highest BCUT2D eigenvalue weighted by Gasteiger charge is 2.21. The summed E-state index contributed by atoms with van der Waals surface area (Å²) in [4.78, 5) is 13.7. The molecular formula is C29H35NO4. The maximum absolute atomic E-state index is 11.2. The van der Waals surface area contributed by atoms with Crippen LogP contribution in [0.1, 0.15) is 37.3 Å². The first-order valence-electron chi connectivity index (χ1n) is 12.2. The van der Waals surface area contributed by atoms with Crippen LogP contribution in [-0.2, 0) is 17.6 Å². The summed E-state index contributed by atoms with van der Waals surface area (Å²) in [5.41, 5.74) is 4.21. The molecule has 4 rings (SSSR count). The number of ether oxygens (including phenoxy) is 2. The normalized spacial score (nSPS) is 14.9. The summed E-state index contributed by atoms with van der Waals surface area (Å²) in [7, 11) is 3.42. The van der Waals surface area contributed by atoms with E-state index in [4.69, 9.17) is 14.6 Å². The molecule has 0 aliphatic carbocycles. The van der Waals surface area contributed by atoms with E-state index in [9.17, 15) is 4.79 Å². The topological polar surface area (TPSA) is 59.0 Å². The number of piperidine rings is 1. The lowest BCUT2D eigenvalue weighted by molar-refractivity contribution is -0.136. The van der Waals surface area contributed by atoms with Crippen LogP contribution < -0.4 is 9.47 Å². The van der Waals surface area contributed by atoms with Crippen molar-refractivity contribution in [3.63, 3.8) is 0 Å². The van der Waals surface area contributed by atoms with Gasteiger partial charge in [0.15, 0.2) is 0 Å². The van der Waals surface area contributed by atoms with Crippen molar-refractivity contribution >= 4 is 16.7 Å².